The number of phenolic OH excluding ortho intramolecular Hbond substituents is 1. The molecule has 2 atom stereocenters. The first-order valence-electron chi connectivity index (χ1n) is 10.5. The summed E-state index contributed by atoms with van der Waals surface area (Å²) < 4.78 is 10.2. The summed E-state index contributed by atoms with van der Waals surface area (Å²) in [6, 6.07) is 5.50. The van der Waals surface area contributed by atoms with Crippen LogP contribution in [0.2, 0.25) is 0 Å². The van der Waals surface area contributed by atoms with Crippen LogP contribution in [0.15, 0.2) is 45.2 Å². The zero-order chi connectivity index (χ0) is 25.8. The number of hydrogen-bond acceptors (Lipinski definition) is 11. The predicted molar refractivity (Wildman–Crippen MR) is 124 cm³/mol. The van der Waals surface area contributed by atoms with Crippen LogP contribution >= 0.6 is 23.5 Å². The van der Waals surface area contributed by atoms with Gasteiger partial charge in [-0.2, -0.15) is 0 Å². The lowest BCUT2D eigenvalue weighted by molar-refractivity contribution is -0.150. The second-order valence-corrected chi connectivity index (χ2v) is 9.69. The minimum absolute atomic E-state index is 0.0272. The number of amides is 2. The number of carbonyl (C=O) groups is 4. The highest BCUT2D eigenvalue weighted by Crippen LogP contribution is 2.41. The van der Waals surface area contributed by atoms with Crippen LogP contribution in [0, 0.1) is 0 Å². The first-order chi connectivity index (χ1) is 17.2. The van der Waals surface area contributed by atoms with Crippen molar-refractivity contribution >= 4 is 47.3 Å². The number of ether oxygens (including phenoxy) is 1. The van der Waals surface area contributed by atoms with E-state index in [1.165, 1.54) is 17.8 Å². The van der Waals surface area contributed by atoms with Crippen molar-refractivity contribution in [3.63, 3.8) is 0 Å². The number of β-lactam (4-membered cyclic amide) rings is 1. The van der Waals surface area contributed by atoms with Gasteiger partial charge < -0.3 is 29.8 Å². The number of carbonyl (C=O) groups excluding carboxylic acids is 2. The Morgan fingerprint density at radius 2 is 2.03 bits per heavy atom. The number of rotatable bonds is 11. The number of nitrogens with one attached hydrogen (secondary N) is 1. The maximum absolute atomic E-state index is 12.8. The van der Waals surface area contributed by atoms with Crippen molar-refractivity contribution in [2.75, 3.05) is 18.1 Å². The molecule has 190 valence electrons. The number of hydrogen-bond donors (Lipinski definition) is 4. The Morgan fingerprint density at radius 1 is 1.25 bits per heavy atom. The maximum Gasteiger partial charge on any atom is 0.352 e. The molecule has 2 aliphatic rings. The molecule has 4 rings (SSSR count). The Labute approximate surface area is 211 Å². The lowest BCUT2D eigenvalue weighted by Crippen LogP contribution is -2.70. The van der Waals surface area contributed by atoms with Crippen LogP contribution in [0.4, 0.5) is 0 Å². The average molecular weight is 537 g/mol. The molecule has 2 aliphatic heterocycles. The minimum Gasteiger partial charge on any atom is -0.508 e. The summed E-state index contributed by atoms with van der Waals surface area (Å²) in [7, 11) is 0. The Bertz CT molecular complexity index is 1230. The lowest BCUT2D eigenvalue weighted by atomic mass is 10.0. The maximum atomic E-state index is 12.8. The van der Waals surface area contributed by atoms with Gasteiger partial charge in [-0.15, -0.1) is 22.0 Å². The molecule has 15 heteroatoms. The van der Waals surface area contributed by atoms with Crippen LogP contribution < -0.4 is 5.32 Å². The molecule has 1 fully saturated rings. The van der Waals surface area contributed by atoms with E-state index in [1.54, 1.807) is 18.2 Å². The fourth-order valence-corrected chi connectivity index (χ4v) is 5.85. The van der Waals surface area contributed by atoms with Crippen molar-refractivity contribution in [3.8, 4) is 5.75 Å². The molecule has 3 heterocycles. The molecule has 0 aliphatic carbocycles. The summed E-state index contributed by atoms with van der Waals surface area (Å²) in [4.78, 5) is 48.9. The number of thioether (sulfide) groups is 2. The number of carboxylic acids is 2. The zero-order valence-electron chi connectivity index (χ0n) is 18.4. The second-order valence-electron chi connectivity index (χ2n) is 7.65. The number of phenols is 1. The van der Waals surface area contributed by atoms with Gasteiger partial charge in [0.2, 0.25) is 11.8 Å². The number of para-hydroxylation sites is 1. The summed E-state index contributed by atoms with van der Waals surface area (Å²) in [5.74, 6) is -2.89. The normalized spacial score (nSPS) is 19.0. The van der Waals surface area contributed by atoms with Gasteiger partial charge in [0.25, 0.3) is 11.1 Å². The van der Waals surface area contributed by atoms with Crippen LogP contribution in [0.3, 0.4) is 0 Å². The molecule has 0 radical (unpaired) electrons. The first-order valence-corrected chi connectivity index (χ1v) is 12.5. The molecule has 13 nitrogen and oxygen atoms in total. The summed E-state index contributed by atoms with van der Waals surface area (Å²) in [5, 5.41) is 38.0. The van der Waals surface area contributed by atoms with E-state index in [4.69, 9.17) is 14.3 Å². The highest BCUT2D eigenvalue weighted by atomic mass is 32.2. The highest BCUT2D eigenvalue weighted by molar-refractivity contribution is 8.01. The molecule has 2 amide bonds. The molecule has 1 saturated heterocycles. The number of nitrogens with zero attached hydrogens (tertiary/aromatic N) is 3. The fraction of sp³-hybridized carbons (Fsp3) is 0.333. The number of aromatic hydroxyl groups is 1. The monoisotopic (exact) mass is 536 g/mol. The number of aromatic nitrogens is 2. The molecule has 36 heavy (non-hydrogen) atoms. The second kappa shape index (κ2) is 11.0. The van der Waals surface area contributed by atoms with Gasteiger partial charge in [0.1, 0.15) is 36.1 Å². The van der Waals surface area contributed by atoms with Gasteiger partial charge in [-0.1, -0.05) is 30.0 Å². The van der Waals surface area contributed by atoms with E-state index in [0.29, 0.717) is 16.9 Å². The van der Waals surface area contributed by atoms with E-state index >= 15 is 0 Å². The van der Waals surface area contributed by atoms with Gasteiger partial charge in [0.05, 0.1) is 6.42 Å². The Hall–Kier alpha value is -3.56. The van der Waals surface area contributed by atoms with Crippen LogP contribution in [-0.4, -0.2) is 83.7 Å². The number of fused-ring (bicyclic) bond motifs is 1. The minimum atomic E-state index is -1.27. The summed E-state index contributed by atoms with van der Waals surface area (Å²) >= 11 is 2.40. The summed E-state index contributed by atoms with van der Waals surface area (Å²) in [5.41, 5.74) is 0.743. The van der Waals surface area contributed by atoms with Crippen LogP contribution in [0.1, 0.15) is 11.5 Å². The average Bonchev–Trinajstić information content (AvgIpc) is 3.29. The third kappa shape index (κ3) is 5.63. The van der Waals surface area contributed by atoms with E-state index in [1.807, 2.05) is 0 Å². The van der Waals surface area contributed by atoms with Gasteiger partial charge in [-0.25, -0.2) is 9.59 Å². The predicted octanol–water partition coefficient (Wildman–Crippen LogP) is 0.450. The Morgan fingerprint density at radius 3 is 2.75 bits per heavy atom. The van der Waals surface area contributed by atoms with Crippen LogP contribution in [0.25, 0.3) is 0 Å². The summed E-state index contributed by atoms with van der Waals surface area (Å²) in [6.45, 7) is -0.697. The number of aliphatic carboxylic acids is 2. The number of carboxylic acid groups (broad SMARTS) is 2. The SMILES string of the molecule is O=C(O)COCc1nnc(SCC2=C(C(=O)O)N3C(=O)C(NC(=O)Cc4ccccc4O)[C@H]3SC2)o1. The van der Waals surface area contributed by atoms with E-state index < -0.39 is 41.8 Å². The largest absolute Gasteiger partial charge is 0.508 e. The standard InChI is InChI=1S/C21H20N4O9S2/c26-12-4-2-1-3-10(12)5-13(27)22-16-18(30)25-17(20(31)32)11(8-35-19(16)25)9-36-21-24-23-14(34-21)6-33-7-15(28)29/h1-4,16,19,26H,5-9H2,(H,22,27)(H,28,29)(H,31,32)/t16?,19-/m1/s1. The lowest BCUT2D eigenvalue weighted by Gasteiger charge is -2.49. The third-order valence-corrected chi connectivity index (χ3v) is 7.42. The zero-order valence-corrected chi connectivity index (χ0v) is 20.1. The third-order valence-electron chi connectivity index (χ3n) is 5.18. The molecule has 1 aromatic heterocycles. The van der Waals surface area contributed by atoms with Gasteiger partial charge >= 0.3 is 11.9 Å². The van der Waals surface area contributed by atoms with E-state index in [-0.39, 0.29) is 41.3 Å². The first kappa shape index (κ1) is 25.5. The Balaban J connectivity index is 1.37. The van der Waals surface area contributed by atoms with Gasteiger partial charge in [-0.3, -0.25) is 14.5 Å². The van der Waals surface area contributed by atoms with Crippen LogP contribution in [0.5, 0.6) is 5.75 Å². The fourth-order valence-electron chi connectivity index (χ4n) is 3.58. The van der Waals surface area contributed by atoms with Gasteiger partial charge in [0, 0.05) is 17.1 Å². The quantitative estimate of drug-likeness (QED) is 0.229. The van der Waals surface area contributed by atoms with E-state index in [0.717, 1.165) is 16.7 Å². The summed E-state index contributed by atoms with van der Waals surface area (Å²) in [6.07, 6.45) is -0.120. The van der Waals surface area contributed by atoms with Crippen molar-refractivity contribution in [2.45, 2.75) is 29.7 Å². The smallest absolute Gasteiger partial charge is 0.352 e. The van der Waals surface area contributed by atoms with Crippen LogP contribution in [-0.2, 0) is 36.9 Å². The topological polar surface area (TPSA) is 192 Å². The van der Waals surface area contributed by atoms with Gasteiger partial charge in [-0.05, 0) is 11.6 Å². The van der Waals surface area contributed by atoms with Crippen molar-refractivity contribution in [1.29, 1.82) is 0 Å². The van der Waals surface area contributed by atoms with Crippen molar-refractivity contribution in [1.82, 2.24) is 20.4 Å². The van der Waals surface area contributed by atoms with Crippen molar-refractivity contribution in [3.05, 3.63) is 47.0 Å². The van der Waals surface area contributed by atoms with Crippen molar-refractivity contribution < 1.29 is 43.7 Å². The molecule has 1 aromatic carbocycles. The van der Waals surface area contributed by atoms with E-state index in [9.17, 15) is 29.4 Å². The highest BCUT2D eigenvalue weighted by Gasteiger charge is 2.54. The molecule has 0 saturated carbocycles. The molecule has 1 unspecified atom stereocenters. The van der Waals surface area contributed by atoms with Gasteiger partial charge in [0.15, 0.2) is 0 Å². The van der Waals surface area contributed by atoms with Crippen molar-refractivity contribution in [2.24, 2.45) is 0 Å². The molecular weight excluding hydrogens is 516 g/mol. The molecule has 4 N–H and O–H groups in total. The number of benzene rings is 1. The van der Waals surface area contributed by atoms with E-state index in [2.05, 4.69) is 15.5 Å². The molecule has 0 bridgehead atoms. The molecule has 2 aromatic rings. The molecular formula is C21H20N4O9S2. The Kier molecular flexibility index (Phi) is 7.81. The molecule has 0 spiro atoms.